The molecule has 0 spiro atoms. The summed E-state index contributed by atoms with van der Waals surface area (Å²) in [7, 11) is -5.13. The summed E-state index contributed by atoms with van der Waals surface area (Å²) >= 11 is 0. The molecule has 192 valence electrons. The molecular weight excluding hydrogens is 493 g/mol. The van der Waals surface area contributed by atoms with Gasteiger partial charge in [-0.15, -0.1) is 0 Å². The Balaban J connectivity index is 1.85. The number of aliphatic hydroxyl groups excluding tert-OH is 1. The third kappa shape index (κ3) is 6.27. The molecular formula is C17H24N7O10P. The van der Waals surface area contributed by atoms with E-state index in [1.165, 1.54) is 24.7 Å². The lowest BCUT2D eigenvalue weighted by molar-refractivity contribution is -0.157. The topological polar surface area (TPSA) is 250 Å². The minimum Gasteiger partial charge on any atom is -0.453 e. The van der Waals surface area contributed by atoms with Crippen molar-refractivity contribution in [2.75, 3.05) is 18.9 Å². The highest BCUT2D eigenvalue weighted by Gasteiger charge is 2.51. The van der Waals surface area contributed by atoms with Crippen LogP contribution in [0.1, 0.15) is 20.1 Å². The van der Waals surface area contributed by atoms with E-state index in [9.17, 15) is 33.8 Å². The van der Waals surface area contributed by atoms with Crippen molar-refractivity contribution in [1.29, 1.82) is 0 Å². The number of ether oxygens (including phenoxy) is 2. The molecule has 3 heterocycles. The molecule has 0 aliphatic carbocycles. The first-order valence-electron chi connectivity index (χ1n) is 10.1. The van der Waals surface area contributed by atoms with Crippen LogP contribution < -0.4 is 16.4 Å². The van der Waals surface area contributed by atoms with E-state index < -0.39 is 69.3 Å². The Hall–Kier alpha value is -3.21. The van der Waals surface area contributed by atoms with Crippen LogP contribution in [-0.2, 0) is 32.9 Å². The number of amides is 2. The van der Waals surface area contributed by atoms with E-state index in [0.717, 1.165) is 6.33 Å². The normalized spacial score (nSPS) is 23.1. The summed E-state index contributed by atoms with van der Waals surface area (Å²) < 4.78 is 28.6. The number of aliphatic hydroxyl groups is 1. The Morgan fingerprint density at radius 3 is 2.63 bits per heavy atom. The number of carbonyl (C=O) groups is 3. The Bertz CT molecular complexity index is 1150. The van der Waals surface area contributed by atoms with E-state index in [0.29, 0.717) is 0 Å². The second-order valence-corrected chi connectivity index (χ2v) is 8.68. The zero-order chi connectivity index (χ0) is 25.9. The number of rotatable bonds is 9. The number of esters is 1. The summed E-state index contributed by atoms with van der Waals surface area (Å²) in [4.78, 5) is 66.3. The van der Waals surface area contributed by atoms with Crippen LogP contribution in [0.4, 0.5) is 5.82 Å². The summed E-state index contributed by atoms with van der Waals surface area (Å²) in [5, 5.41) is 14.3. The maximum Gasteiger partial charge on any atom is 0.470 e. The molecule has 1 aliphatic heterocycles. The van der Waals surface area contributed by atoms with E-state index in [1.807, 2.05) is 0 Å². The van der Waals surface area contributed by atoms with Gasteiger partial charge in [-0.1, -0.05) is 0 Å². The number of fused-ring (bicyclic) bond motifs is 1. The van der Waals surface area contributed by atoms with Gasteiger partial charge >= 0.3 is 13.8 Å². The highest BCUT2D eigenvalue weighted by atomic mass is 31.2. The molecule has 2 amide bonds. The number of aromatic nitrogens is 4. The summed E-state index contributed by atoms with van der Waals surface area (Å²) in [5.41, 5.74) is 6.11. The molecule has 18 heteroatoms. The zero-order valence-corrected chi connectivity index (χ0v) is 19.4. The van der Waals surface area contributed by atoms with Crippen molar-refractivity contribution >= 4 is 42.6 Å². The lowest BCUT2D eigenvalue weighted by Crippen LogP contribution is -2.46. The quantitative estimate of drug-likeness (QED) is 0.147. The molecule has 2 aromatic heterocycles. The number of nitrogens with two attached hydrogens (primary N) is 1. The van der Waals surface area contributed by atoms with E-state index >= 15 is 0 Å². The van der Waals surface area contributed by atoms with Gasteiger partial charge in [-0.2, -0.15) is 0 Å². The van der Waals surface area contributed by atoms with Gasteiger partial charge in [0.1, 0.15) is 36.6 Å². The van der Waals surface area contributed by atoms with Crippen molar-refractivity contribution in [3.05, 3.63) is 12.7 Å². The minimum absolute atomic E-state index is 0.0398. The average molecular weight is 517 g/mol. The molecule has 5 atom stereocenters. The number of nitrogen functional groups attached to an aromatic ring is 1. The molecule has 1 saturated heterocycles. The fourth-order valence-electron chi connectivity index (χ4n) is 3.42. The Morgan fingerprint density at radius 1 is 1.29 bits per heavy atom. The zero-order valence-electron chi connectivity index (χ0n) is 18.5. The van der Waals surface area contributed by atoms with Crippen molar-refractivity contribution in [3.8, 4) is 0 Å². The summed E-state index contributed by atoms with van der Waals surface area (Å²) in [5.74, 6) is -2.12. The van der Waals surface area contributed by atoms with E-state index in [-0.39, 0.29) is 17.0 Å². The van der Waals surface area contributed by atoms with Gasteiger partial charge in [0.05, 0.1) is 12.9 Å². The van der Waals surface area contributed by atoms with Gasteiger partial charge in [-0.05, 0) is 6.92 Å². The van der Waals surface area contributed by atoms with Crippen LogP contribution in [0.3, 0.4) is 0 Å². The van der Waals surface area contributed by atoms with Crippen molar-refractivity contribution in [2.45, 2.75) is 44.4 Å². The molecule has 17 nitrogen and oxygen atoms in total. The number of anilines is 1. The number of nitrogens with one attached hydrogen (secondary N) is 2. The lowest BCUT2D eigenvalue weighted by atomic mass is 10.1. The molecule has 0 aromatic carbocycles. The van der Waals surface area contributed by atoms with Crippen LogP contribution in [0.2, 0.25) is 0 Å². The molecule has 35 heavy (non-hydrogen) atoms. The highest BCUT2D eigenvalue weighted by molar-refractivity contribution is 7.46. The number of carbonyl (C=O) groups excluding carboxylic acids is 3. The number of nitrogens with zero attached hydrogens (tertiary/aromatic N) is 4. The second-order valence-electron chi connectivity index (χ2n) is 7.49. The SMILES string of the molecule is CC(=O)NC(C)C(=O)NCC(=O)O[C@@H]1[C@H](OP(=O)(O)O)[C@@H](CO)O[C@H]1n1cnc2c(N)ncnc21. The van der Waals surface area contributed by atoms with Crippen LogP contribution in [0.5, 0.6) is 0 Å². The maximum atomic E-state index is 12.5. The predicted molar refractivity (Wildman–Crippen MR) is 114 cm³/mol. The van der Waals surface area contributed by atoms with Gasteiger partial charge in [0, 0.05) is 6.92 Å². The number of phosphoric ester groups is 1. The Morgan fingerprint density at radius 2 is 2.00 bits per heavy atom. The maximum absolute atomic E-state index is 12.5. The predicted octanol–water partition coefficient (Wildman–Crippen LogP) is -2.67. The number of phosphoric acid groups is 1. The fraction of sp³-hybridized carbons (Fsp3) is 0.529. The lowest BCUT2D eigenvalue weighted by Gasteiger charge is -2.25. The first kappa shape index (κ1) is 26.4. The van der Waals surface area contributed by atoms with Crippen molar-refractivity contribution in [3.63, 3.8) is 0 Å². The number of hydrogen-bond donors (Lipinski definition) is 6. The van der Waals surface area contributed by atoms with Crippen LogP contribution in [-0.4, -0.2) is 89.7 Å². The van der Waals surface area contributed by atoms with E-state index in [1.54, 1.807) is 0 Å². The Labute approximate surface area is 197 Å². The first-order valence-corrected chi connectivity index (χ1v) is 11.6. The molecule has 1 unspecified atom stereocenters. The molecule has 1 aliphatic rings. The van der Waals surface area contributed by atoms with Crippen LogP contribution in [0.15, 0.2) is 12.7 Å². The molecule has 7 N–H and O–H groups in total. The molecule has 0 radical (unpaired) electrons. The molecule has 1 fully saturated rings. The van der Waals surface area contributed by atoms with E-state index in [2.05, 4.69) is 25.6 Å². The van der Waals surface area contributed by atoms with Gasteiger partial charge in [0.15, 0.2) is 23.8 Å². The van der Waals surface area contributed by atoms with Crippen LogP contribution in [0, 0.1) is 0 Å². The van der Waals surface area contributed by atoms with E-state index in [4.69, 9.17) is 19.7 Å². The minimum atomic E-state index is -5.13. The first-order chi connectivity index (χ1) is 16.4. The summed E-state index contributed by atoms with van der Waals surface area (Å²) in [6.45, 7) is 1.22. The van der Waals surface area contributed by atoms with Crippen LogP contribution >= 0.6 is 7.82 Å². The smallest absolute Gasteiger partial charge is 0.453 e. The number of imidazole rings is 1. The highest BCUT2D eigenvalue weighted by Crippen LogP contribution is 2.45. The average Bonchev–Trinajstić information content (AvgIpc) is 3.33. The Kier molecular flexibility index (Phi) is 7.99. The molecule has 0 saturated carbocycles. The summed E-state index contributed by atoms with van der Waals surface area (Å²) in [6.07, 6.45) is -3.39. The third-order valence-corrected chi connectivity index (χ3v) is 5.39. The van der Waals surface area contributed by atoms with Crippen LogP contribution in [0.25, 0.3) is 11.2 Å². The fourth-order valence-corrected chi connectivity index (χ4v) is 4.00. The number of hydrogen-bond acceptors (Lipinski definition) is 12. The third-order valence-electron chi connectivity index (χ3n) is 4.87. The summed E-state index contributed by atoms with van der Waals surface area (Å²) in [6, 6.07) is -0.935. The molecule has 3 rings (SSSR count). The standard InChI is InChI=1S/C17H24N7O10P/c1-7(23-8(2)26)16(28)19-3-10(27)33-13-12(34-35(29,30)31)9(4-25)32-17(13)24-6-22-11-14(18)20-5-21-15(11)24/h5-7,9,12-13,17,25H,3-4H2,1-2H3,(H,19,28)(H,23,26)(H2,18,20,21)(H2,29,30,31)/t7?,9-,12-,13-,17-/m1/s1. The van der Waals surface area contributed by atoms with Gasteiger partial charge in [0.25, 0.3) is 0 Å². The van der Waals surface area contributed by atoms with Crippen molar-refractivity contribution in [1.82, 2.24) is 30.2 Å². The van der Waals surface area contributed by atoms with Gasteiger partial charge in [-0.3, -0.25) is 23.5 Å². The van der Waals surface area contributed by atoms with Gasteiger partial charge < -0.3 is 40.7 Å². The largest absolute Gasteiger partial charge is 0.470 e. The monoisotopic (exact) mass is 517 g/mol. The van der Waals surface area contributed by atoms with Gasteiger partial charge in [0.2, 0.25) is 11.8 Å². The van der Waals surface area contributed by atoms with Crippen molar-refractivity contribution in [2.24, 2.45) is 0 Å². The second kappa shape index (κ2) is 10.6. The van der Waals surface area contributed by atoms with Crippen molar-refractivity contribution < 1.29 is 47.8 Å². The van der Waals surface area contributed by atoms with Gasteiger partial charge in [-0.25, -0.2) is 19.5 Å². The molecule has 0 bridgehead atoms. The molecule has 2 aromatic rings.